The van der Waals surface area contributed by atoms with E-state index in [0.29, 0.717) is 0 Å². The molecule has 1 aromatic carbocycles. The normalized spacial score (nSPS) is 10.3. The fraction of sp³-hybridized carbons (Fsp3) is 0.533. The Morgan fingerprint density at radius 3 is 2.74 bits per heavy atom. The largest absolute Gasteiger partial charge is 0.483 e. The molecule has 1 N–H and O–H groups in total. The van der Waals surface area contributed by atoms with Crippen LogP contribution in [0.4, 0.5) is 0 Å². The summed E-state index contributed by atoms with van der Waals surface area (Å²) in [5.41, 5.74) is 2.29. The van der Waals surface area contributed by atoms with E-state index in [1.807, 2.05) is 12.1 Å². The van der Waals surface area contributed by atoms with Gasteiger partial charge in [-0.1, -0.05) is 24.6 Å². The molecule has 0 bridgehead atoms. The van der Waals surface area contributed by atoms with E-state index >= 15 is 0 Å². The van der Waals surface area contributed by atoms with E-state index in [-0.39, 0.29) is 12.5 Å². The first-order valence-corrected chi connectivity index (χ1v) is 6.67. The lowest BCUT2D eigenvalue weighted by Gasteiger charge is -2.15. The number of carbonyl (C=O) groups excluding carboxylic acids is 1. The van der Waals surface area contributed by atoms with Gasteiger partial charge in [0.15, 0.2) is 6.61 Å². The summed E-state index contributed by atoms with van der Waals surface area (Å²) in [7, 11) is 3.45. The highest BCUT2D eigenvalue weighted by Crippen LogP contribution is 2.20. The third-order valence-electron chi connectivity index (χ3n) is 2.81. The number of likely N-dealkylation sites (N-methyl/N-ethyl adjacent to an activating group) is 1. The fourth-order valence-corrected chi connectivity index (χ4v) is 1.66. The first-order valence-electron chi connectivity index (χ1n) is 6.67. The lowest BCUT2D eigenvalue weighted by molar-refractivity contribution is -0.130. The molecular weight excluding hydrogens is 240 g/mol. The highest BCUT2D eigenvalue weighted by atomic mass is 16.5. The quantitative estimate of drug-likeness (QED) is 0.765. The zero-order valence-electron chi connectivity index (χ0n) is 12.3. The molecule has 0 aromatic heterocycles. The first kappa shape index (κ1) is 15.5. The second kappa shape index (κ2) is 7.79. The van der Waals surface area contributed by atoms with Gasteiger partial charge in [0.2, 0.25) is 0 Å². The summed E-state index contributed by atoms with van der Waals surface area (Å²) in [4.78, 5) is 13.1. The SMILES string of the molecule is CCCNCc1cc(C)ccc1OCC(=O)N(C)C. The van der Waals surface area contributed by atoms with Gasteiger partial charge in [-0.05, 0) is 26.0 Å². The van der Waals surface area contributed by atoms with Crippen molar-refractivity contribution in [1.82, 2.24) is 10.2 Å². The first-order chi connectivity index (χ1) is 9.04. The minimum atomic E-state index is -0.0342. The van der Waals surface area contributed by atoms with E-state index < -0.39 is 0 Å². The third kappa shape index (κ3) is 5.30. The van der Waals surface area contributed by atoms with Gasteiger partial charge in [-0.25, -0.2) is 0 Å². The van der Waals surface area contributed by atoms with E-state index in [1.54, 1.807) is 14.1 Å². The molecule has 0 spiro atoms. The number of hydrogen-bond donors (Lipinski definition) is 1. The van der Waals surface area contributed by atoms with Crippen LogP contribution in [0.5, 0.6) is 5.75 Å². The predicted molar refractivity (Wildman–Crippen MR) is 77.4 cm³/mol. The summed E-state index contributed by atoms with van der Waals surface area (Å²) in [5, 5.41) is 3.35. The molecule has 0 unspecified atom stereocenters. The van der Waals surface area contributed by atoms with E-state index in [9.17, 15) is 4.79 Å². The Kier molecular flexibility index (Phi) is 6.36. The molecule has 4 heteroatoms. The van der Waals surface area contributed by atoms with Crippen LogP contribution in [0.1, 0.15) is 24.5 Å². The number of aryl methyl sites for hydroxylation is 1. The molecule has 0 aliphatic rings. The maximum Gasteiger partial charge on any atom is 0.259 e. The Morgan fingerprint density at radius 2 is 2.11 bits per heavy atom. The molecule has 1 amide bonds. The van der Waals surface area contributed by atoms with Gasteiger partial charge in [-0.15, -0.1) is 0 Å². The van der Waals surface area contributed by atoms with Crippen molar-refractivity contribution < 1.29 is 9.53 Å². The smallest absolute Gasteiger partial charge is 0.259 e. The van der Waals surface area contributed by atoms with Gasteiger partial charge in [0, 0.05) is 26.2 Å². The highest BCUT2D eigenvalue weighted by Gasteiger charge is 2.08. The molecule has 0 saturated carbocycles. The molecule has 0 atom stereocenters. The average molecular weight is 264 g/mol. The van der Waals surface area contributed by atoms with Crippen LogP contribution < -0.4 is 10.1 Å². The van der Waals surface area contributed by atoms with Gasteiger partial charge < -0.3 is 15.0 Å². The maximum atomic E-state index is 11.5. The van der Waals surface area contributed by atoms with Crippen LogP contribution in [-0.4, -0.2) is 38.1 Å². The van der Waals surface area contributed by atoms with Gasteiger partial charge in [-0.3, -0.25) is 4.79 Å². The molecule has 0 fully saturated rings. The van der Waals surface area contributed by atoms with Crippen molar-refractivity contribution in [3.63, 3.8) is 0 Å². The minimum absolute atomic E-state index is 0.0342. The Morgan fingerprint density at radius 1 is 1.37 bits per heavy atom. The van der Waals surface area contributed by atoms with Gasteiger partial charge in [-0.2, -0.15) is 0 Å². The number of nitrogens with zero attached hydrogens (tertiary/aromatic N) is 1. The van der Waals surface area contributed by atoms with Crippen molar-refractivity contribution in [1.29, 1.82) is 0 Å². The fourth-order valence-electron chi connectivity index (χ4n) is 1.66. The van der Waals surface area contributed by atoms with Crippen molar-refractivity contribution in [2.45, 2.75) is 26.8 Å². The molecule has 0 aliphatic heterocycles. The zero-order valence-corrected chi connectivity index (χ0v) is 12.3. The summed E-state index contributed by atoms with van der Waals surface area (Å²) >= 11 is 0. The number of nitrogens with one attached hydrogen (secondary N) is 1. The van der Waals surface area contributed by atoms with Gasteiger partial charge in [0.05, 0.1) is 0 Å². The molecule has 0 heterocycles. The number of ether oxygens (including phenoxy) is 1. The van der Waals surface area contributed by atoms with Crippen LogP contribution in [0.2, 0.25) is 0 Å². The third-order valence-corrected chi connectivity index (χ3v) is 2.81. The van der Waals surface area contributed by atoms with Crippen molar-refractivity contribution in [3.8, 4) is 5.75 Å². The van der Waals surface area contributed by atoms with E-state index in [2.05, 4.69) is 25.2 Å². The summed E-state index contributed by atoms with van der Waals surface area (Å²) in [5.74, 6) is 0.748. The lowest BCUT2D eigenvalue weighted by Crippen LogP contribution is -2.27. The van der Waals surface area contributed by atoms with Crippen molar-refractivity contribution in [2.24, 2.45) is 0 Å². The Bertz CT molecular complexity index is 417. The molecule has 1 rings (SSSR count). The predicted octanol–water partition coefficient (Wildman–Crippen LogP) is 1.96. The van der Waals surface area contributed by atoms with E-state index in [1.165, 1.54) is 10.5 Å². The van der Waals surface area contributed by atoms with Crippen molar-refractivity contribution >= 4 is 5.91 Å². The van der Waals surface area contributed by atoms with Gasteiger partial charge >= 0.3 is 0 Å². The van der Waals surface area contributed by atoms with Crippen LogP contribution in [-0.2, 0) is 11.3 Å². The van der Waals surface area contributed by atoms with Gasteiger partial charge in [0.1, 0.15) is 5.75 Å². The second-order valence-electron chi connectivity index (χ2n) is 4.86. The van der Waals surface area contributed by atoms with Crippen LogP contribution in [0.15, 0.2) is 18.2 Å². The standard InChI is InChI=1S/C15H24N2O2/c1-5-8-16-10-13-9-12(2)6-7-14(13)19-11-15(18)17(3)4/h6-7,9,16H,5,8,10-11H2,1-4H3. The summed E-state index contributed by atoms with van der Waals surface area (Å²) in [6.07, 6.45) is 1.10. The molecule has 19 heavy (non-hydrogen) atoms. The van der Waals surface area contributed by atoms with Gasteiger partial charge in [0.25, 0.3) is 5.91 Å². The lowest BCUT2D eigenvalue weighted by atomic mass is 10.1. The maximum absolute atomic E-state index is 11.5. The molecule has 0 aliphatic carbocycles. The van der Waals surface area contributed by atoms with Crippen LogP contribution in [0, 0.1) is 6.92 Å². The van der Waals surface area contributed by atoms with Crippen LogP contribution in [0.3, 0.4) is 0 Å². The van der Waals surface area contributed by atoms with Crippen LogP contribution in [0.25, 0.3) is 0 Å². The number of hydrogen-bond acceptors (Lipinski definition) is 3. The average Bonchev–Trinajstić information content (AvgIpc) is 2.37. The number of benzene rings is 1. The summed E-state index contributed by atoms with van der Waals surface area (Å²) < 4.78 is 5.61. The molecular formula is C15H24N2O2. The molecule has 106 valence electrons. The van der Waals surface area contributed by atoms with Crippen molar-refractivity contribution in [2.75, 3.05) is 27.2 Å². The molecule has 0 radical (unpaired) electrons. The topological polar surface area (TPSA) is 41.6 Å². The second-order valence-corrected chi connectivity index (χ2v) is 4.86. The highest BCUT2D eigenvalue weighted by molar-refractivity contribution is 5.77. The molecule has 0 saturated heterocycles. The zero-order chi connectivity index (χ0) is 14.3. The number of carbonyl (C=O) groups is 1. The van der Waals surface area contributed by atoms with E-state index in [0.717, 1.165) is 30.8 Å². The van der Waals surface area contributed by atoms with Crippen LogP contribution >= 0.6 is 0 Å². The van der Waals surface area contributed by atoms with E-state index in [4.69, 9.17) is 4.74 Å². The summed E-state index contributed by atoms with van der Waals surface area (Å²) in [6, 6.07) is 6.03. The summed E-state index contributed by atoms with van der Waals surface area (Å²) in [6.45, 7) is 6.01. The number of amides is 1. The Labute approximate surface area is 115 Å². The van der Waals surface area contributed by atoms with Crippen molar-refractivity contribution in [3.05, 3.63) is 29.3 Å². The minimum Gasteiger partial charge on any atom is -0.483 e. The Hall–Kier alpha value is -1.55. The number of rotatable bonds is 7. The molecule has 4 nitrogen and oxygen atoms in total. The Balaban J connectivity index is 2.67. The monoisotopic (exact) mass is 264 g/mol. The molecule has 1 aromatic rings.